The van der Waals surface area contributed by atoms with Crippen LogP contribution in [-0.2, 0) is 4.79 Å². The Morgan fingerprint density at radius 1 is 1.18 bits per heavy atom. The molecule has 1 fully saturated rings. The third-order valence-corrected chi connectivity index (χ3v) is 5.29. The van der Waals surface area contributed by atoms with Gasteiger partial charge in [0.2, 0.25) is 0 Å². The highest BCUT2D eigenvalue weighted by Crippen LogP contribution is 2.34. The van der Waals surface area contributed by atoms with E-state index in [9.17, 15) is 9.90 Å². The van der Waals surface area contributed by atoms with Crippen LogP contribution >= 0.6 is 24.0 Å². The molecule has 28 heavy (non-hydrogen) atoms. The van der Waals surface area contributed by atoms with E-state index in [0.717, 1.165) is 16.8 Å². The van der Waals surface area contributed by atoms with Crippen LogP contribution in [-0.4, -0.2) is 47.8 Å². The molecule has 0 spiro atoms. The highest BCUT2D eigenvalue weighted by Gasteiger charge is 2.32. The lowest BCUT2D eigenvalue weighted by molar-refractivity contribution is -0.122. The smallest absolute Gasteiger partial charge is 0.286 e. The van der Waals surface area contributed by atoms with Crippen LogP contribution in [0.4, 0.5) is 5.69 Å². The lowest BCUT2D eigenvalue weighted by Gasteiger charge is -2.12. The average Bonchev–Trinajstić information content (AvgIpc) is 2.94. The lowest BCUT2D eigenvalue weighted by Crippen LogP contribution is -2.22. The fourth-order valence-electron chi connectivity index (χ4n) is 2.48. The molecule has 2 aromatic carbocycles. The summed E-state index contributed by atoms with van der Waals surface area (Å²) in [6.07, 6.45) is 3.30. The van der Waals surface area contributed by atoms with Gasteiger partial charge in [0.1, 0.15) is 0 Å². The summed E-state index contributed by atoms with van der Waals surface area (Å²) >= 11 is 6.47. The molecule has 2 aromatic rings. The van der Waals surface area contributed by atoms with Gasteiger partial charge in [-0.05, 0) is 53.7 Å². The van der Waals surface area contributed by atoms with E-state index in [4.69, 9.17) is 17.0 Å². The van der Waals surface area contributed by atoms with E-state index >= 15 is 0 Å². The zero-order valence-electron chi connectivity index (χ0n) is 15.6. The number of nitrogens with zero attached hydrogens (tertiary/aromatic N) is 3. The first-order valence-electron chi connectivity index (χ1n) is 8.35. The molecule has 1 saturated heterocycles. The van der Waals surface area contributed by atoms with Gasteiger partial charge in [0, 0.05) is 19.8 Å². The number of hydrazone groups is 1. The Hall–Kier alpha value is -2.84. The summed E-state index contributed by atoms with van der Waals surface area (Å²) in [5.74, 6) is 0.0868. The topological polar surface area (TPSA) is 65.4 Å². The molecular weight excluding hydrogens is 394 g/mol. The second-order valence-corrected chi connectivity index (χ2v) is 7.83. The second-order valence-electron chi connectivity index (χ2n) is 6.16. The number of carbonyl (C=O) groups excluding carboxylic acids is 1. The molecule has 0 bridgehead atoms. The fourth-order valence-corrected chi connectivity index (χ4v) is 3.65. The van der Waals surface area contributed by atoms with Crippen LogP contribution in [0.3, 0.4) is 0 Å². The molecular formula is C20H19N3O3S2. The van der Waals surface area contributed by atoms with Crippen molar-refractivity contribution >= 4 is 52.2 Å². The van der Waals surface area contributed by atoms with E-state index in [2.05, 4.69) is 5.10 Å². The Morgan fingerprint density at radius 3 is 2.50 bits per heavy atom. The summed E-state index contributed by atoms with van der Waals surface area (Å²) in [5, 5.41) is 15.1. The zero-order valence-corrected chi connectivity index (χ0v) is 17.3. The summed E-state index contributed by atoms with van der Waals surface area (Å²) < 4.78 is 5.46. The number of amides is 1. The molecule has 1 amide bonds. The molecule has 1 N–H and O–H groups in total. The van der Waals surface area contributed by atoms with Gasteiger partial charge < -0.3 is 14.7 Å². The summed E-state index contributed by atoms with van der Waals surface area (Å²) in [6, 6.07) is 12.7. The molecule has 0 atom stereocenters. The number of benzene rings is 2. The minimum atomic E-state index is -0.289. The molecule has 1 aliphatic heterocycles. The van der Waals surface area contributed by atoms with Crippen molar-refractivity contribution in [1.82, 2.24) is 5.01 Å². The number of methoxy groups -OCH3 is 1. The maximum Gasteiger partial charge on any atom is 0.286 e. The van der Waals surface area contributed by atoms with Gasteiger partial charge >= 0.3 is 0 Å². The van der Waals surface area contributed by atoms with Crippen LogP contribution in [0.1, 0.15) is 11.1 Å². The quantitative estimate of drug-likeness (QED) is 0.458. The number of ether oxygens (including phenoxy) is 1. The summed E-state index contributed by atoms with van der Waals surface area (Å²) in [4.78, 5) is 15.1. The van der Waals surface area contributed by atoms with Crippen molar-refractivity contribution in [2.75, 3.05) is 26.1 Å². The van der Waals surface area contributed by atoms with Crippen LogP contribution < -0.4 is 9.64 Å². The van der Waals surface area contributed by atoms with Gasteiger partial charge in [-0.25, -0.2) is 0 Å². The van der Waals surface area contributed by atoms with E-state index in [1.165, 1.54) is 29.9 Å². The predicted octanol–water partition coefficient (Wildman–Crippen LogP) is 3.70. The van der Waals surface area contributed by atoms with Gasteiger partial charge in [0.25, 0.3) is 5.91 Å². The minimum Gasteiger partial charge on any atom is -0.504 e. The number of anilines is 1. The Labute approximate surface area is 173 Å². The number of phenols is 1. The van der Waals surface area contributed by atoms with Gasteiger partial charge in [0.15, 0.2) is 15.8 Å². The van der Waals surface area contributed by atoms with Crippen molar-refractivity contribution in [3.63, 3.8) is 0 Å². The molecule has 0 aliphatic carbocycles. The minimum absolute atomic E-state index is 0.0390. The van der Waals surface area contributed by atoms with Crippen molar-refractivity contribution in [2.45, 2.75) is 0 Å². The molecule has 0 saturated carbocycles. The van der Waals surface area contributed by atoms with E-state index in [0.29, 0.717) is 15.0 Å². The van der Waals surface area contributed by atoms with Crippen molar-refractivity contribution in [3.05, 3.63) is 58.5 Å². The predicted molar refractivity (Wildman–Crippen MR) is 118 cm³/mol. The molecule has 1 aliphatic rings. The molecule has 0 unspecified atom stereocenters. The van der Waals surface area contributed by atoms with Crippen LogP contribution in [0.25, 0.3) is 6.08 Å². The largest absolute Gasteiger partial charge is 0.504 e. The number of rotatable bonds is 5. The van der Waals surface area contributed by atoms with E-state index in [1.807, 2.05) is 43.3 Å². The summed E-state index contributed by atoms with van der Waals surface area (Å²) in [5.41, 5.74) is 2.67. The summed E-state index contributed by atoms with van der Waals surface area (Å²) in [6.45, 7) is 0. The molecule has 1 heterocycles. The molecule has 0 aromatic heterocycles. The number of aromatic hydroxyl groups is 1. The van der Waals surface area contributed by atoms with Crippen LogP contribution in [0.5, 0.6) is 11.5 Å². The first kappa shape index (κ1) is 19.9. The molecule has 144 valence electrons. The SMILES string of the molecule is COc1cc(/C=C2/SC(=S)N(/N=C/c3ccc(N(C)C)cc3)C2=O)ccc1O. The highest BCUT2D eigenvalue weighted by atomic mass is 32.2. The number of thiocarbonyl (C=S) groups is 1. The Morgan fingerprint density at radius 2 is 1.86 bits per heavy atom. The standard InChI is InChI=1S/C20H19N3O3S2/c1-22(2)15-7-4-13(5-8-15)12-21-23-19(25)18(28-20(23)27)11-14-6-9-16(24)17(10-14)26-3/h4-12,24H,1-3H3/b18-11+,21-12+. The Balaban J connectivity index is 1.78. The maximum atomic E-state index is 12.7. The van der Waals surface area contributed by atoms with Crippen molar-refractivity contribution in [3.8, 4) is 11.5 Å². The third-order valence-electron chi connectivity index (χ3n) is 4.01. The van der Waals surface area contributed by atoms with Gasteiger partial charge in [-0.15, -0.1) is 0 Å². The Bertz CT molecular complexity index is 969. The highest BCUT2D eigenvalue weighted by molar-refractivity contribution is 8.26. The average molecular weight is 414 g/mol. The van der Waals surface area contributed by atoms with Crippen LogP contribution in [0.15, 0.2) is 52.5 Å². The number of thioether (sulfide) groups is 1. The maximum absolute atomic E-state index is 12.7. The van der Waals surface area contributed by atoms with E-state index in [1.54, 1.807) is 24.4 Å². The van der Waals surface area contributed by atoms with Crippen molar-refractivity contribution in [2.24, 2.45) is 5.10 Å². The number of carbonyl (C=O) groups is 1. The third kappa shape index (κ3) is 4.35. The Kier molecular flexibility index (Phi) is 6.01. The summed E-state index contributed by atoms with van der Waals surface area (Å²) in [7, 11) is 5.41. The second kappa shape index (κ2) is 8.45. The monoisotopic (exact) mass is 413 g/mol. The van der Waals surface area contributed by atoms with Crippen molar-refractivity contribution in [1.29, 1.82) is 0 Å². The van der Waals surface area contributed by atoms with Crippen LogP contribution in [0, 0.1) is 0 Å². The fraction of sp³-hybridized carbons (Fsp3) is 0.150. The number of hydrogen-bond donors (Lipinski definition) is 1. The van der Waals surface area contributed by atoms with Gasteiger partial charge in [-0.3, -0.25) is 4.79 Å². The molecule has 8 heteroatoms. The van der Waals surface area contributed by atoms with Crippen LogP contribution in [0.2, 0.25) is 0 Å². The van der Waals surface area contributed by atoms with E-state index < -0.39 is 0 Å². The normalized spacial score (nSPS) is 15.7. The van der Waals surface area contributed by atoms with E-state index in [-0.39, 0.29) is 11.7 Å². The first-order valence-corrected chi connectivity index (χ1v) is 9.58. The van der Waals surface area contributed by atoms with Gasteiger partial charge in [0.05, 0.1) is 18.2 Å². The molecule has 6 nitrogen and oxygen atoms in total. The molecule has 3 rings (SSSR count). The number of hydrogen-bond acceptors (Lipinski definition) is 7. The lowest BCUT2D eigenvalue weighted by atomic mass is 10.2. The first-order chi connectivity index (χ1) is 13.4. The molecule has 0 radical (unpaired) electrons. The van der Waals surface area contributed by atoms with Crippen molar-refractivity contribution < 1.29 is 14.6 Å². The van der Waals surface area contributed by atoms with Gasteiger partial charge in [-0.1, -0.05) is 30.0 Å². The van der Waals surface area contributed by atoms with Gasteiger partial charge in [-0.2, -0.15) is 10.1 Å². The zero-order chi connectivity index (χ0) is 20.3. The number of phenolic OH excluding ortho intramolecular Hbond substituents is 1.